The number of rotatable bonds is 9. The molecule has 1 aromatic rings. The number of benzene rings is 1. The van der Waals surface area contributed by atoms with Gasteiger partial charge in [0.25, 0.3) is 0 Å². The lowest BCUT2D eigenvalue weighted by atomic mass is 10.0. The highest BCUT2D eigenvalue weighted by Crippen LogP contribution is 2.31. The number of aliphatic hydroxyl groups is 1. The van der Waals surface area contributed by atoms with E-state index < -0.39 is 24.3 Å². The molecule has 1 fully saturated rings. The van der Waals surface area contributed by atoms with Gasteiger partial charge in [0.2, 0.25) is 18.1 Å². The van der Waals surface area contributed by atoms with Crippen LogP contribution in [0.5, 0.6) is 0 Å². The quantitative estimate of drug-likeness (QED) is 0.442. The number of hydrogen-bond donors (Lipinski definition) is 4. The lowest BCUT2D eigenvalue weighted by Crippen LogP contribution is -2.47. The van der Waals surface area contributed by atoms with E-state index in [1.54, 1.807) is 0 Å². The number of amides is 2. The Bertz CT molecular complexity index is 827. The zero-order valence-corrected chi connectivity index (χ0v) is 18.4. The zero-order chi connectivity index (χ0) is 22.5. The lowest BCUT2D eigenvalue weighted by Gasteiger charge is -2.18. The highest BCUT2D eigenvalue weighted by Gasteiger charge is 2.37. The van der Waals surface area contributed by atoms with Gasteiger partial charge >= 0.3 is 5.97 Å². The molecule has 0 aliphatic carbocycles. The molecule has 4 N–H and O–H groups in total. The van der Waals surface area contributed by atoms with Gasteiger partial charge in [-0.2, -0.15) is 0 Å². The van der Waals surface area contributed by atoms with E-state index in [1.807, 2.05) is 25.1 Å². The largest absolute Gasteiger partial charge is 0.434 e. The van der Waals surface area contributed by atoms with Crippen LogP contribution in [0.4, 0.5) is 5.69 Å². The number of aliphatic hydroxyl groups excluding tert-OH is 1. The fourth-order valence-corrected chi connectivity index (χ4v) is 4.01. The number of nitrogens with one attached hydrogen (secondary N) is 3. The topological polar surface area (TPSA) is 117 Å². The Balaban J connectivity index is 1.53. The van der Waals surface area contributed by atoms with Crippen molar-refractivity contribution >= 4 is 23.5 Å². The molecule has 8 heteroatoms. The van der Waals surface area contributed by atoms with Crippen molar-refractivity contribution in [3.05, 3.63) is 29.3 Å². The predicted molar refractivity (Wildman–Crippen MR) is 116 cm³/mol. The van der Waals surface area contributed by atoms with Crippen LogP contribution in [0.15, 0.2) is 18.2 Å². The van der Waals surface area contributed by atoms with Crippen LogP contribution in [-0.4, -0.2) is 47.3 Å². The number of hydrogen-bond acceptors (Lipinski definition) is 6. The molecule has 0 saturated carbocycles. The second-order valence-electron chi connectivity index (χ2n) is 8.78. The number of fused-ring (bicyclic) bond motifs is 1. The first-order valence-corrected chi connectivity index (χ1v) is 11.1. The Morgan fingerprint density at radius 3 is 2.74 bits per heavy atom. The third kappa shape index (κ3) is 5.97. The number of para-hydroxylation sites is 1. The second-order valence-corrected chi connectivity index (χ2v) is 8.78. The van der Waals surface area contributed by atoms with E-state index in [9.17, 15) is 19.5 Å². The minimum absolute atomic E-state index is 0.0293. The van der Waals surface area contributed by atoms with Gasteiger partial charge in [-0.25, -0.2) is 0 Å². The van der Waals surface area contributed by atoms with E-state index in [4.69, 9.17) is 0 Å². The highest BCUT2D eigenvalue weighted by atomic mass is 16.6. The molecule has 8 nitrogen and oxygen atoms in total. The lowest BCUT2D eigenvalue weighted by molar-refractivity contribution is -0.155. The van der Waals surface area contributed by atoms with Crippen molar-refractivity contribution in [1.82, 2.24) is 10.6 Å². The molecule has 0 aromatic heterocycles. The molecule has 2 heterocycles. The third-order valence-corrected chi connectivity index (χ3v) is 6.09. The van der Waals surface area contributed by atoms with Crippen molar-refractivity contribution in [3.8, 4) is 0 Å². The summed E-state index contributed by atoms with van der Waals surface area (Å²) in [4.78, 5) is 36.0. The molecule has 170 valence electrons. The van der Waals surface area contributed by atoms with Crippen molar-refractivity contribution in [2.75, 3.05) is 5.32 Å². The maximum atomic E-state index is 12.6. The fourth-order valence-electron chi connectivity index (χ4n) is 4.01. The van der Waals surface area contributed by atoms with Crippen LogP contribution in [0.3, 0.4) is 0 Å². The SMILES string of the molecule is CCC(C)CC(=O)NC(C)CCc1cccc2c1NC(C(=O)NC1CC(=O)OC1O)C2. The van der Waals surface area contributed by atoms with Gasteiger partial charge in [0, 0.05) is 24.6 Å². The van der Waals surface area contributed by atoms with Gasteiger partial charge in [0.1, 0.15) is 12.1 Å². The van der Waals surface area contributed by atoms with E-state index in [-0.39, 0.29) is 24.3 Å². The van der Waals surface area contributed by atoms with Gasteiger partial charge in [0.15, 0.2) is 0 Å². The van der Waals surface area contributed by atoms with E-state index in [1.165, 1.54) is 0 Å². The molecule has 1 saturated heterocycles. The van der Waals surface area contributed by atoms with Crippen molar-refractivity contribution in [2.24, 2.45) is 5.92 Å². The molecule has 2 amide bonds. The molecule has 0 radical (unpaired) electrons. The average Bonchev–Trinajstić information content (AvgIpc) is 3.29. The summed E-state index contributed by atoms with van der Waals surface area (Å²) < 4.78 is 4.68. The first-order chi connectivity index (χ1) is 14.8. The summed E-state index contributed by atoms with van der Waals surface area (Å²) in [6.07, 6.45) is 2.32. The Hall–Kier alpha value is -2.61. The molecule has 0 spiro atoms. The highest BCUT2D eigenvalue weighted by molar-refractivity contribution is 5.89. The van der Waals surface area contributed by atoms with E-state index >= 15 is 0 Å². The second kappa shape index (κ2) is 10.1. The summed E-state index contributed by atoms with van der Waals surface area (Å²) in [7, 11) is 0. The molecular formula is C23H33N3O5. The van der Waals surface area contributed by atoms with Crippen molar-refractivity contribution in [1.29, 1.82) is 0 Å². The summed E-state index contributed by atoms with van der Waals surface area (Å²) in [6.45, 7) is 6.17. The number of carbonyl (C=O) groups is 3. The van der Waals surface area contributed by atoms with Crippen LogP contribution in [0, 0.1) is 5.92 Å². The average molecular weight is 432 g/mol. The van der Waals surface area contributed by atoms with Gasteiger partial charge in [-0.1, -0.05) is 38.5 Å². The van der Waals surface area contributed by atoms with Crippen LogP contribution in [-0.2, 0) is 32.0 Å². The summed E-state index contributed by atoms with van der Waals surface area (Å²) in [5.41, 5.74) is 3.13. The first-order valence-electron chi connectivity index (χ1n) is 11.1. The van der Waals surface area contributed by atoms with E-state index in [0.29, 0.717) is 18.8 Å². The minimum atomic E-state index is -1.30. The normalized spacial score (nSPS) is 24.0. The van der Waals surface area contributed by atoms with Gasteiger partial charge in [-0.3, -0.25) is 14.4 Å². The van der Waals surface area contributed by atoms with Gasteiger partial charge in [-0.05, 0) is 36.8 Å². The van der Waals surface area contributed by atoms with Crippen LogP contribution >= 0.6 is 0 Å². The number of aryl methyl sites for hydroxylation is 1. The molecule has 2 aliphatic rings. The van der Waals surface area contributed by atoms with Gasteiger partial charge < -0.3 is 25.8 Å². The monoisotopic (exact) mass is 431 g/mol. The number of anilines is 1. The van der Waals surface area contributed by atoms with Crippen LogP contribution < -0.4 is 16.0 Å². The maximum absolute atomic E-state index is 12.6. The molecule has 1 aromatic carbocycles. The number of ether oxygens (including phenoxy) is 1. The van der Waals surface area contributed by atoms with Crippen molar-refractivity contribution < 1.29 is 24.2 Å². The molecule has 0 bridgehead atoms. The molecule has 2 aliphatic heterocycles. The van der Waals surface area contributed by atoms with Gasteiger partial charge in [-0.15, -0.1) is 0 Å². The summed E-state index contributed by atoms with van der Waals surface area (Å²) >= 11 is 0. The Kier molecular flexibility index (Phi) is 7.54. The molecule has 3 rings (SSSR count). The minimum Gasteiger partial charge on any atom is -0.434 e. The molecule has 5 atom stereocenters. The Morgan fingerprint density at radius 2 is 2.06 bits per heavy atom. The zero-order valence-electron chi connectivity index (χ0n) is 18.4. The molecule has 31 heavy (non-hydrogen) atoms. The van der Waals surface area contributed by atoms with E-state index in [0.717, 1.165) is 36.1 Å². The fraction of sp³-hybridized carbons (Fsp3) is 0.609. The number of cyclic esters (lactones) is 1. The third-order valence-electron chi connectivity index (χ3n) is 6.09. The Morgan fingerprint density at radius 1 is 1.29 bits per heavy atom. The molecular weight excluding hydrogens is 398 g/mol. The van der Waals surface area contributed by atoms with E-state index in [2.05, 4.69) is 34.5 Å². The molecule has 5 unspecified atom stereocenters. The number of esters is 1. The summed E-state index contributed by atoms with van der Waals surface area (Å²) in [5, 5.41) is 18.8. The standard InChI is InChI=1S/C23H33N3O5/c1-4-13(2)10-19(27)24-14(3)8-9-15-6-5-7-16-11-17(25-21(15)16)22(29)26-18-12-20(28)31-23(18)30/h5-7,13-14,17-18,23,25,30H,4,8-12H2,1-3H3,(H,24,27)(H,26,29). The van der Waals surface area contributed by atoms with Crippen molar-refractivity contribution in [2.45, 2.75) is 83.7 Å². The van der Waals surface area contributed by atoms with Crippen LogP contribution in [0.2, 0.25) is 0 Å². The number of carbonyl (C=O) groups excluding carboxylic acids is 3. The van der Waals surface area contributed by atoms with Crippen molar-refractivity contribution in [3.63, 3.8) is 0 Å². The van der Waals surface area contributed by atoms with Crippen LogP contribution in [0.25, 0.3) is 0 Å². The summed E-state index contributed by atoms with van der Waals surface area (Å²) in [6, 6.07) is 4.89. The smallest absolute Gasteiger partial charge is 0.310 e. The van der Waals surface area contributed by atoms with Gasteiger partial charge in [0.05, 0.1) is 6.42 Å². The summed E-state index contributed by atoms with van der Waals surface area (Å²) in [5.74, 6) is -0.318. The predicted octanol–water partition coefficient (Wildman–Crippen LogP) is 1.65. The first kappa shape index (κ1) is 23.1. The maximum Gasteiger partial charge on any atom is 0.310 e. The van der Waals surface area contributed by atoms with Crippen LogP contribution in [0.1, 0.15) is 57.6 Å². The Labute approximate surface area is 183 Å².